The molecule has 0 bridgehead atoms. The van der Waals surface area contributed by atoms with Crippen LogP contribution in [0.5, 0.6) is 0 Å². The molecule has 6 heteroatoms. The Balaban J connectivity index is 1.39. The summed E-state index contributed by atoms with van der Waals surface area (Å²) in [5, 5.41) is 13.1. The predicted octanol–water partition coefficient (Wildman–Crippen LogP) is 3.64. The minimum atomic E-state index is -0.395. The highest BCUT2D eigenvalue weighted by atomic mass is 16.6. The van der Waals surface area contributed by atoms with E-state index in [0.717, 1.165) is 35.1 Å². The number of carbonyl (C=O) groups is 1. The topological polar surface area (TPSA) is 66.7 Å². The summed E-state index contributed by atoms with van der Waals surface area (Å²) < 4.78 is 0. The van der Waals surface area contributed by atoms with Gasteiger partial charge in [0, 0.05) is 44.0 Å². The molecule has 1 aliphatic heterocycles. The van der Waals surface area contributed by atoms with Crippen LogP contribution in [0.4, 0.5) is 11.4 Å². The molecule has 1 saturated heterocycles. The SMILES string of the molecule is O=C(Cc1cccc2ccccc12)N1CCN(c2ccc([N+](=O)[O-])cc2)CC1. The molecule has 0 unspecified atom stereocenters. The third kappa shape index (κ3) is 3.67. The molecule has 4 rings (SSSR count). The maximum absolute atomic E-state index is 12.8. The van der Waals surface area contributed by atoms with E-state index in [4.69, 9.17) is 0 Å². The van der Waals surface area contributed by atoms with Crippen molar-refractivity contribution >= 4 is 28.1 Å². The van der Waals surface area contributed by atoms with E-state index in [0.29, 0.717) is 19.5 Å². The van der Waals surface area contributed by atoms with Gasteiger partial charge in [-0.3, -0.25) is 14.9 Å². The van der Waals surface area contributed by atoms with E-state index in [1.165, 1.54) is 12.1 Å². The van der Waals surface area contributed by atoms with Crippen LogP contribution >= 0.6 is 0 Å². The van der Waals surface area contributed by atoms with E-state index in [1.807, 2.05) is 29.2 Å². The summed E-state index contributed by atoms with van der Waals surface area (Å²) in [5.41, 5.74) is 2.10. The first-order valence-corrected chi connectivity index (χ1v) is 9.35. The molecule has 0 aromatic heterocycles. The Morgan fingerprint density at radius 3 is 2.29 bits per heavy atom. The highest BCUT2D eigenvalue weighted by Gasteiger charge is 2.22. The number of non-ortho nitro benzene ring substituents is 1. The number of nitro groups is 1. The summed E-state index contributed by atoms with van der Waals surface area (Å²) >= 11 is 0. The van der Waals surface area contributed by atoms with Crippen molar-refractivity contribution in [3.63, 3.8) is 0 Å². The van der Waals surface area contributed by atoms with Gasteiger partial charge in [0.05, 0.1) is 11.3 Å². The number of anilines is 1. The van der Waals surface area contributed by atoms with Gasteiger partial charge in [-0.1, -0.05) is 42.5 Å². The molecule has 28 heavy (non-hydrogen) atoms. The number of rotatable bonds is 4. The van der Waals surface area contributed by atoms with E-state index in [1.54, 1.807) is 12.1 Å². The first-order chi connectivity index (χ1) is 13.6. The summed E-state index contributed by atoms with van der Waals surface area (Å²) in [5.74, 6) is 0.139. The standard InChI is InChI=1S/C22H21N3O3/c26-22(16-18-6-3-5-17-4-1-2-7-21(17)18)24-14-12-23(13-15-24)19-8-10-20(11-9-19)25(27)28/h1-11H,12-16H2. The third-order valence-corrected chi connectivity index (χ3v) is 5.28. The minimum Gasteiger partial charge on any atom is -0.368 e. The fourth-order valence-electron chi connectivity index (χ4n) is 3.72. The van der Waals surface area contributed by atoms with Gasteiger partial charge in [0.25, 0.3) is 5.69 Å². The molecule has 0 spiro atoms. The third-order valence-electron chi connectivity index (χ3n) is 5.28. The zero-order valence-electron chi connectivity index (χ0n) is 15.5. The lowest BCUT2D eigenvalue weighted by molar-refractivity contribution is -0.384. The van der Waals surface area contributed by atoms with Crippen LogP contribution < -0.4 is 4.90 Å². The molecule has 0 aliphatic carbocycles. The summed E-state index contributed by atoms with van der Waals surface area (Å²) in [7, 11) is 0. The Morgan fingerprint density at radius 2 is 1.57 bits per heavy atom. The van der Waals surface area contributed by atoms with Crippen LogP contribution in [0, 0.1) is 10.1 Å². The van der Waals surface area contributed by atoms with Crippen molar-refractivity contribution in [2.75, 3.05) is 31.1 Å². The monoisotopic (exact) mass is 375 g/mol. The number of amides is 1. The molecule has 0 radical (unpaired) electrons. The van der Waals surface area contributed by atoms with E-state index < -0.39 is 4.92 Å². The molecule has 3 aromatic rings. The number of carbonyl (C=O) groups excluding carboxylic acids is 1. The molecule has 1 fully saturated rings. The van der Waals surface area contributed by atoms with E-state index in [2.05, 4.69) is 23.1 Å². The van der Waals surface area contributed by atoms with Crippen LogP contribution in [0.1, 0.15) is 5.56 Å². The largest absolute Gasteiger partial charge is 0.368 e. The number of hydrogen-bond acceptors (Lipinski definition) is 4. The van der Waals surface area contributed by atoms with Gasteiger partial charge >= 0.3 is 0 Å². The summed E-state index contributed by atoms with van der Waals surface area (Å²) in [6.45, 7) is 2.75. The van der Waals surface area contributed by atoms with Crippen molar-refractivity contribution in [3.05, 3.63) is 82.4 Å². The van der Waals surface area contributed by atoms with Crippen LogP contribution in [0.25, 0.3) is 10.8 Å². The fraction of sp³-hybridized carbons (Fsp3) is 0.227. The minimum absolute atomic E-state index is 0.0904. The molecule has 0 N–H and O–H groups in total. The fourth-order valence-corrected chi connectivity index (χ4v) is 3.72. The summed E-state index contributed by atoms with van der Waals surface area (Å²) in [6, 6.07) is 20.8. The number of hydrogen-bond donors (Lipinski definition) is 0. The lowest BCUT2D eigenvalue weighted by Crippen LogP contribution is -2.49. The molecule has 6 nitrogen and oxygen atoms in total. The maximum atomic E-state index is 12.8. The van der Waals surface area contributed by atoms with Crippen LogP contribution in [0.15, 0.2) is 66.7 Å². The van der Waals surface area contributed by atoms with Gasteiger partial charge in [-0.05, 0) is 28.5 Å². The predicted molar refractivity (Wildman–Crippen MR) is 110 cm³/mol. The number of nitro benzene ring substituents is 1. The Labute approximate surface area is 163 Å². The maximum Gasteiger partial charge on any atom is 0.269 e. The molecular weight excluding hydrogens is 354 g/mol. The van der Waals surface area contributed by atoms with Crippen LogP contribution in [-0.4, -0.2) is 41.9 Å². The molecule has 0 saturated carbocycles. The van der Waals surface area contributed by atoms with E-state index in [-0.39, 0.29) is 11.6 Å². The highest BCUT2D eigenvalue weighted by Crippen LogP contribution is 2.22. The van der Waals surface area contributed by atoms with Gasteiger partial charge in [-0.25, -0.2) is 0 Å². The van der Waals surface area contributed by atoms with Gasteiger partial charge in [-0.15, -0.1) is 0 Å². The first kappa shape index (κ1) is 18.0. The molecule has 3 aromatic carbocycles. The van der Waals surface area contributed by atoms with Crippen molar-refractivity contribution in [2.45, 2.75) is 6.42 Å². The highest BCUT2D eigenvalue weighted by molar-refractivity contribution is 5.90. The van der Waals surface area contributed by atoms with Gasteiger partial charge in [-0.2, -0.15) is 0 Å². The van der Waals surface area contributed by atoms with Gasteiger partial charge < -0.3 is 9.80 Å². The van der Waals surface area contributed by atoms with E-state index in [9.17, 15) is 14.9 Å². The van der Waals surface area contributed by atoms with Gasteiger partial charge in [0.15, 0.2) is 0 Å². The second-order valence-corrected chi connectivity index (χ2v) is 6.96. The second kappa shape index (κ2) is 7.68. The molecule has 142 valence electrons. The second-order valence-electron chi connectivity index (χ2n) is 6.96. The Morgan fingerprint density at radius 1 is 0.893 bits per heavy atom. The van der Waals surface area contributed by atoms with Gasteiger partial charge in [0.2, 0.25) is 5.91 Å². The number of benzene rings is 3. The average molecular weight is 375 g/mol. The molecule has 0 atom stereocenters. The zero-order valence-corrected chi connectivity index (χ0v) is 15.5. The Kier molecular flexibility index (Phi) is 4.93. The smallest absolute Gasteiger partial charge is 0.269 e. The first-order valence-electron chi connectivity index (χ1n) is 9.35. The summed E-state index contributed by atoms with van der Waals surface area (Å²) in [4.78, 5) is 27.3. The van der Waals surface area contributed by atoms with Crippen molar-refractivity contribution < 1.29 is 9.72 Å². The number of nitrogens with zero attached hydrogens (tertiary/aromatic N) is 3. The Bertz CT molecular complexity index is 1000. The van der Waals surface area contributed by atoms with Crippen molar-refractivity contribution in [3.8, 4) is 0 Å². The number of piperazine rings is 1. The van der Waals surface area contributed by atoms with Crippen molar-refractivity contribution in [2.24, 2.45) is 0 Å². The molecule has 1 aliphatic rings. The molecule has 1 amide bonds. The Hall–Kier alpha value is -3.41. The lowest BCUT2D eigenvalue weighted by atomic mass is 10.0. The van der Waals surface area contributed by atoms with Crippen molar-refractivity contribution in [1.29, 1.82) is 0 Å². The van der Waals surface area contributed by atoms with Crippen LogP contribution in [0.3, 0.4) is 0 Å². The van der Waals surface area contributed by atoms with Gasteiger partial charge in [0.1, 0.15) is 0 Å². The molecule has 1 heterocycles. The molecular formula is C22H21N3O3. The average Bonchev–Trinajstić information content (AvgIpc) is 2.74. The van der Waals surface area contributed by atoms with Crippen LogP contribution in [-0.2, 0) is 11.2 Å². The summed E-state index contributed by atoms with van der Waals surface area (Å²) in [6.07, 6.45) is 0.402. The van der Waals surface area contributed by atoms with Crippen LogP contribution in [0.2, 0.25) is 0 Å². The quantitative estimate of drug-likeness (QED) is 0.516. The zero-order chi connectivity index (χ0) is 19.5. The number of fused-ring (bicyclic) bond motifs is 1. The van der Waals surface area contributed by atoms with E-state index >= 15 is 0 Å². The lowest BCUT2D eigenvalue weighted by Gasteiger charge is -2.36. The van der Waals surface area contributed by atoms with Crippen molar-refractivity contribution in [1.82, 2.24) is 4.90 Å². The normalized spacial score (nSPS) is 14.3.